The zero-order valence-corrected chi connectivity index (χ0v) is 13.5. The van der Waals surface area contributed by atoms with Crippen LogP contribution in [0.1, 0.15) is 5.56 Å². The number of rotatable bonds is 5. The van der Waals surface area contributed by atoms with Gasteiger partial charge in [-0.15, -0.1) is 12.4 Å². The van der Waals surface area contributed by atoms with Crippen molar-refractivity contribution in [1.29, 1.82) is 0 Å². The van der Waals surface area contributed by atoms with Gasteiger partial charge in [-0.05, 0) is 34.5 Å². The number of fused-ring (bicyclic) bond motifs is 1. The summed E-state index contributed by atoms with van der Waals surface area (Å²) < 4.78 is 5.24. The van der Waals surface area contributed by atoms with Crippen molar-refractivity contribution in [2.75, 3.05) is 26.7 Å². The molecule has 1 aliphatic heterocycles. The Labute approximate surface area is 137 Å². The number of benzene rings is 2. The van der Waals surface area contributed by atoms with E-state index in [1.54, 1.807) is 7.11 Å². The van der Waals surface area contributed by atoms with Crippen LogP contribution in [0.15, 0.2) is 36.4 Å². The lowest BCUT2D eigenvalue weighted by Crippen LogP contribution is -2.30. The summed E-state index contributed by atoms with van der Waals surface area (Å²) in [4.78, 5) is 0. The number of hydrogen-bond donors (Lipinski definition) is 3. The SMILES string of the molecule is COc1ccc2cc(CNCC3CNCC3O)ccc2c1.Cl. The van der Waals surface area contributed by atoms with Gasteiger partial charge in [0.2, 0.25) is 0 Å². The molecule has 2 aromatic carbocycles. The summed E-state index contributed by atoms with van der Waals surface area (Å²) in [6.07, 6.45) is -0.221. The molecule has 0 aliphatic carbocycles. The van der Waals surface area contributed by atoms with Gasteiger partial charge in [0.05, 0.1) is 13.2 Å². The minimum atomic E-state index is -0.221. The van der Waals surface area contributed by atoms with E-state index in [0.29, 0.717) is 12.5 Å². The summed E-state index contributed by atoms with van der Waals surface area (Å²) >= 11 is 0. The average molecular weight is 323 g/mol. The molecule has 0 saturated carbocycles. The Morgan fingerprint density at radius 2 is 1.95 bits per heavy atom. The van der Waals surface area contributed by atoms with E-state index in [0.717, 1.165) is 25.4 Å². The molecule has 1 fully saturated rings. The summed E-state index contributed by atoms with van der Waals surface area (Å²) in [7, 11) is 1.69. The predicted octanol–water partition coefficient (Wildman–Crippen LogP) is 1.94. The molecular weight excluding hydrogens is 300 g/mol. The molecule has 120 valence electrons. The predicted molar refractivity (Wildman–Crippen MR) is 91.8 cm³/mol. The Morgan fingerprint density at radius 1 is 1.18 bits per heavy atom. The van der Waals surface area contributed by atoms with E-state index in [-0.39, 0.29) is 18.5 Å². The van der Waals surface area contributed by atoms with Crippen LogP contribution in [0.25, 0.3) is 10.8 Å². The molecule has 0 bridgehead atoms. The van der Waals surface area contributed by atoms with Crippen LogP contribution in [-0.2, 0) is 6.54 Å². The van der Waals surface area contributed by atoms with Crippen molar-refractivity contribution < 1.29 is 9.84 Å². The Bertz CT molecular complexity index is 621. The molecule has 4 nitrogen and oxygen atoms in total. The van der Waals surface area contributed by atoms with Crippen LogP contribution in [0.2, 0.25) is 0 Å². The van der Waals surface area contributed by atoms with Gasteiger partial charge < -0.3 is 20.5 Å². The second-order valence-corrected chi connectivity index (χ2v) is 5.66. The molecule has 3 rings (SSSR count). The highest BCUT2D eigenvalue weighted by Crippen LogP contribution is 2.21. The standard InChI is InChI=1S/C17H22N2O2.ClH/c1-21-16-5-4-13-6-12(2-3-14(13)7-16)8-18-9-15-10-19-11-17(15)20;/h2-7,15,17-20H,8-11H2,1H3;1H. The zero-order valence-electron chi connectivity index (χ0n) is 12.7. The van der Waals surface area contributed by atoms with Crippen LogP contribution in [0.3, 0.4) is 0 Å². The van der Waals surface area contributed by atoms with Gasteiger partial charge in [-0.1, -0.05) is 18.2 Å². The number of nitrogens with one attached hydrogen (secondary N) is 2. The quantitative estimate of drug-likeness (QED) is 0.787. The Morgan fingerprint density at radius 3 is 2.68 bits per heavy atom. The third-order valence-electron chi connectivity index (χ3n) is 4.15. The molecule has 2 atom stereocenters. The molecule has 1 saturated heterocycles. The minimum absolute atomic E-state index is 0. The van der Waals surface area contributed by atoms with E-state index >= 15 is 0 Å². The molecule has 2 aromatic rings. The van der Waals surface area contributed by atoms with Gasteiger partial charge in [-0.2, -0.15) is 0 Å². The van der Waals surface area contributed by atoms with Gasteiger partial charge in [0.1, 0.15) is 5.75 Å². The maximum Gasteiger partial charge on any atom is 0.119 e. The largest absolute Gasteiger partial charge is 0.497 e. The molecule has 1 aliphatic rings. The number of hydrogen-bond acceptors (Lipinski definition) is 4. The number of ether oxygens (including phenoxy) is 1. The van der Waals surface area contributed by atoms with E-state index in [9.17, 15) is 5.11 Å². The molecular formula is C17H23ClN2O2. The van der Waals surface area contributed by atoms with Crippen LogP contribution in [-0.4, -0.2) is 38.0 Å². The van der Waals surface area contributed by atoms with Gasteiger partial charge in [-0.25, -0.2) is 0 Å². The lowest BCUT2D eigenvalue weighted by atomic mass is 10.1. The number of halogens is 1. The smallest absolute Gasteiger partial charge is 0.119 e. The lowest BCUT2D eigenvalue weighted by Gasteiger charge is -2.14. The first-order valence-corrected chi connectivity index (χ1v) is 7.42. The molecule has 0 amide bonds. The first-order valence-electron chi connectivity index (χ1n) is 7.42. The summed E-state index contributed by atoms with van der Waals surface area (Å²) in [5.74, 6) is 1.20. The van der Waals surface area contributed by atoms with E-state index < -0.39 is 0 Å². The maximum absolute atomic E-state index is 9.76. The first-order chi connectivity index (χ1) is 10.3. The van der Waals surface area contributed by atoms with Gasteiger partial charge in [0, 0.05) is 32.1 Å². The fourth-order valence-corrected chi connectivity index (χ4v) is 2.84. The van der Waals surface area contributed by atoms with E-state index in [1.807, 2.05) is 12.1 Å². The number of aliphatic hydroxyl groups is 1. The highest BCUT2D eigenvalue weighted by atomic mass is 35.5. The highest BCUT2D eigenvalue weighted by Gasteiger charge is 2.23. The van der Waals surface area contributed by atoms with Crippen molar-refractivity contribution in [3.8, 4) is 5.75 Å². The first kappa shape index (κ1) is 17.0. The second kappa shape index (κ2) is 7.79. The third-order valence-corrected chi connectivity index (χ3v) is 4.15. The Hall–Kier alpha value is -1.33. The van der Waals surface area contributed by atoms with E-state index in [4.69, 9.17) is 4.74 Å². The number of β-amino-alcohol motifs (C(OH)–C–C–N with tert-alkyl or cyclic N) is 1. The van der Waals surface area contributed by atoms with Gasteiger partial charge >= 0.3 is 0 Å². The Balaban J connectivity index is 0.00000176. The van der Waals surface area contributed by atoms with E-state index in [2.05, 4.69) is 34.9 Å². The summed E-state index contributed by atoms with van der Waals surface area (Å²) in [5.41, 5.74) is 1.26. The van der Waals surface area contributed by atoms with Crippen LogP contribution < -0.4 is 15.4 Å². The van der Waals surface area contributed by atoms with Crippen molar-refractivity contribution in [2.45, 2.75) is 12.6 Å². The number of methoxy groups -OCH3 is 1. The molecule has 22 heavy (non-hydrogen) atoms. The fourth-order valence-electron chi connectivity index (χ4n) is 2.84. The molecule has 2 unspecified atom stereocenters. The minimum Gasteiger partial charge on any atom is -0.497 e. The molecule has 0 aromatic heterocycles. The topological polar surface area (TPSA) is 53.5 Å². The lowest BCUT2D eigenvalue weighted by molar-refractivity contribution is 0.146. The van der Waals surface area contributed by atoms with Gasteiger partial charge in [0.15, 0.2) is 0 Å². The van der Waals surface area contributed by atoms with Crippen molar-refractivity contribution in [3.63, 3.8) is 0 Å². The summed E-state index contributed by atoms with van der Waals surface area (Å²) in [6.45, 7) is 3.27. The Kier molecular flexibility index (Phi) is 6.03. The molecule has 3 N–H and O–H groups in total. The second-order valence-electron chi connectivity index (χ2n) is 5.66. The van der Waals surface area contributed by atoms with Crippen LogP contribution in [0.4, 0.5) is 0 Å². The van der Waals surface area contributed by atoms with Crippen molar-refractivity contribution in [3.05, 3.63) is 42.0 Å². The third kappa shape index (κ3) is 3.90. The van der Waals surface area contributed by atoms with Gasteiger partial charge in [0.25, 0.3) is 0 Å². The zero-order chi connectivity index (χ0) is 14.7. The van der Waals surface area contributed by atoms with Crippen molar-refractivity contribution in [1.82, 2.24) is 10.6 Å². The maximum atomic E-state index is 9.76. The van der Waals surface area contributed by atoms with E-state index in [1.165, 1.54) is 16.3 Å². The monoisotopic (exact) mass is 322 g/mol. The summed E-state index contributed by atoms with van der Waals surface area (Å²) in [6, 6.07) is 12.6. The van der Waals surface area contributed by atoms with Crippen LogP contribution >= 0.6 is 12.4 Å². The molecule has 1 heterocycles. The van der Waals surface area contributed by atoms with Crippen LogP contribution in [0, 0.1) is 5.92 Å². The van der Waals surface area contributed by atoms with Crippen LogP contribution in [0.5, 0.6) is 5.75 Å². The van der Waals surface area contributed by atoms with Crippen molar-refractivity contribution in [2.24, 2.45) is 5.92 Å². The van der Waals surface area contributed by atoms with Gasteiger partial charge in [-0.3, -0.25) is 0 Å². The molecule has 0 spiro atoms. The normalized spacial score (nSPS) is 20.8. The fraction of sp³-hybridized carbons (Fsp3) is 0.412. The molecule has 5 heteroatoms. The average Bonchev–Trinajstić information content (AvgIpc) is 2.92. The number of aliphatic hydroxyl groups excluding tert-OH is 1. The van der Waals surface area contributed by atoms with Crippen molar-refractivity contribution >= 4 is 23.2 Å². The summed E-state index contributed by atoms with van der Waals surface area (Å²) in [5, 5.41) is 18.8. The molecule has 0 radical (unpaired) electrons. The highest BCUT2D eigenvalue weighted by molar-refractivity contribution is 5.85.